The first-order valence-corrected chi connectivity index (χ1v) is 12.6. The number of hydrogen-bond acceptors (Lipinski definition) is 4. The Hall–Kier alpha value is -3.71. The predicted molar refractivity (Wildman–Crippen MR) is 138 cm³/mol. The molecule has 1 aliphatic rings. The van der Waals surface area contributed by atoms with Gasteiger partial charge >= 0.3 is 0 Å². The monoisotopic (exact) mass is 484 g/mol. The highest BCUT2D eigenvalue weighted by molar-refractivity contribution is 7.13. The molecule has 0 saturated heterocycles. The molecule has 0 aliphatic carbocycles. The van der Waals surface area contributed by atoms with Gasteiger partial charge in [-0.15, -0.1) is 11.3 Å². The van der Waals surface area contributed by atoms with E-state index in [4.69, 9.17) is 5.10 Å². The van der Waals surface area contributed by atoms with Crippen LogP contribution in [0.1, 0.15) is 39.7 Å². The van der Waals surface area contributed by atoms with E-state index in [0.717, 1.165) is 32.8 Å². The Bertz CT molecular complexity index is 1390. The lowest BCUT2D eigenvalue weighted by Crippen LogP contribution is -2.63. The molecule has 2 aromatic heterocycles. The van der Waals surface area contributed by atoms with Crippen molar-refractivity contribution >= 4 is 23.2 Å². The van der Waals surface area contributed by atoms with Crippen LogP contribution in [0.25, 0.3) is 10.6 Å². The van der Waals surface area contributed by atoms with Crippen molar-refractivity contribution in [2.75, 3.05) is 0 Å². The van der Waals surface area contributed by atoms with Crippen LogP contribution in [0.2, 0.25) is 0 Å². The lowest BCUT2D eigenvalue weighted by Gasteiger charge is -2.43. The summed E-state index contributed by atoms with van der Waals surface area (Å²) in [4.78, 5) is 30.3. The molecule has 0 saturated carbocycles. The standard InChI is InChI=1S/C28H28N4O2S/c1-19-8-6-10-21(14-19)16-29-27(34)28(3)18-32-24(15-23(30-32)25-12-7-13-35-25)26(33)31(28)17-22-11-5-4-9-20(22)2/h4-15H,16-18H2,1-3H3,(H,29,34)/t28-/m1/s1. The Morgan fingerprint density at radius 2 is 1.91 bits per heavy atom. The normalized spacial score (nSPS) is 17.3. The molecule has 6 nitrogen and oxygen atoms in total. The zero-order valence-corrected chi connectivity index (χ0v) is 20.9. The summed E-state index contributed by atoms with van der Waals surface area (Å²) in [7, 11) is 0. The number of hydrogen-bond donors (Lipinski definition) is 1. The maximum Gasteiger partial charge on any atom is 0.273 e. The van der Waals surface area contributed by atoms with Crippen molar-refractivity contribution in [2.24, 2.45) is 0 Å². The van der Waals surface area contributed by atoms with Gasteiger partial charge in [-0.05, 0) is 55.0 Å². The van der Waals surface area contributed by atoms with Gasteiger partial charge in [0.05, 0.1) is 11.4 Å². The van der Waals surface area contributed by atoms with Crippen molar-refractivity contribution in [1.29, 1.82) is 0 Å². The second-order valence-electron chi connectivity index (χ2n) is 9.31. The van der Waals surface area contributed by atoms with E-state index in [9.17, 15) is 9.59 Å². The van der Waals surface area contributed by atoms with Crippen LogP contribution in [-0.2, 0) is 24.4 Å². The molecule has 3 heterocycles. The van der Waals surface area contributed by atoms with Gasteiger partial charge < -0.3 is 10.2 Å². The number of nitrogens with one attached hydrogen (secondary N) is 1. The van der Waals surface area contributed by atoms with E-state index in [1.165, 1.54) is 0 Å². The number of benzene rings is 2. The Labute approximate surface area is 209 Å². The summed E-state index contributed by atoms with van der Waals surface area (Å²) in [5.74, 6) is -0.386. The van der Waals surface area contributed by atoms with Gasteiger partial charge in [0.15, 0.2) is 0 Å². The van der Waals surface area contributed by atoms with Crippen LogP contribution in [-0.4, -0.2) is 32.0 Å². The van der Waals surface area contributed by atoms with E-state index in [0.29, 0.717) is 18.8 Å². The smallest absolute Gasteiger partial charge is 0.273 e. The highest BCUT2D eigenvalue weighted by Gasteiger charge is 2.48. The number of thiophene rings is 1. The number of aromatic nitrogens is 2. The van der Waals surface area contributed by atoms with E-state index in [1.54, 1.807) is 20.9 Å². The van der Waals surface area contributed by atoms with Crippen LogP contribution in [0.4, 0.5) is 0 Å². The van der Waals surface area contributed by atoms with Gasteiger partial charge in [-0.1, -0.05) is 60.2 Å². The minimum absolute atomic E-state index is 0.192. The molecule has 5 rings (SSSR count). The number of carbonyl (C=O) groups excluding carboxylic acids is 2. The maximum absolute atomic E-state index is 13.8. The lowest BCUT2D eigenvalue weighted by atomic mass is 9.93. The molecule has 0 radical (unpaired) electrons. The lowest BCUT2D eigenvalue weighted by molar-refractivity contribution is -0.133. The Balaban J connectivity index is 1.50. The molecular formula is C28H28N4O2S. The van der Waals surface area contributed by atoms with Gasteiger partial charge in [-0.3, -0.25) is 14.3 Å². The molecule has 4 aromatic rings. The third-order valence-electron chi connectivity index (χ3n) is 6.69. The number of amides is 2. The highest BCUT2D eigenvalue weighted by Crippen LogP contribution is 2.33. The fourth-order valence-corrected chi connectivity index (χ4v) is 5.27. The van der Waals surface area contributed by atoms with Gasteiger partial charge in [0, 0.05) is 13.1 Å². The molecule has 2 aromatic carbocycles. The van der Waals surface area contributed by atoms with Gasteiger partial charge in [0.2, 0.25) is 5.91 Å². The minimum Gasteiger partial charge on any atom is -0.350 e. The van der Waals surface area contributed by atoms with Gasteiger partial charge in [0.1, 0.15) is 16.9 Å². The number of rotatable bonds is 6. The zero-order valence-electron chi connectivity index (χ0n) is 20.1. The summed E-state index contributed by atoms with van der Waals surface area (Å²) in [6.45, 7) is 6.92. The third kappa shape index (κ3) is 4.39. The predicted octanol–water partition coefficient (Wildman–Crippen LogP) is 4.96. The van der Waals surface area contributed by atoms with Crippen molar-refractivity contribution < 1.29 is 9.59 Å². The van der Waals surface area contributed by atoms with E-state index in [2.05, 4.69) is 11.4 Å². The van der Waals surface area contributed by atoms with E-state index in [-0.39, 0.29) is 18.4 Å². The molecule has 1 aliphatic heterocycles. The van der Waals surface area contributed by atoms with Crippen molar-refractivity contribution in [3.05, 3.63) is 100 Å². The van der Waals surface area contributed by atoms with Crippen LogP contribution in [0.3, 0.4) is 0 Å². The molecule has 178 valence electrons. The number of aryl methyl sites for hydroxylation is 2. The molecule has 7 heteroatoms. The van der Waals surface area contributed by atoms with Crippen LogP contribution in [0.5, 0.6) is 0 Å². The van der Waals surface area contributed by atoms with E-state index < -0.39 is 5.54 Å². The van der Waals surface area contributed by atoms with Crippen molar-refractivity contribution in [3.8, 4) is 10.6 Å². The molecule has 1 N–H and O–H groups in total. The van der Waals surface area contributed by atoms with Crippen molar-refractivity contribution in [1.82, 2.24) is 20.0 Å². The summed E-state index contributed by atoms with van der Waals surface area (Å²) in [5, 5.41) is 9.78. The van der Waals surface area contributed by atoms with Crippen LogP contribution in [0.15, 0.2) is 72.1 Å². The highest BCUT2D eigenvalue weighted by atomic mass is 32.1. The zero-order chi connectivity index (χ0) is 24.6. The second-order valence-corrected chi connectivity index (χ2v) is 10.3. The topological polar surface area (TPSA) is 67.2 Å². The summed E-state index contributed by atoms with van der Waals surface area (Å²) in [6, 6.07) is 21.8. The molecule has 2 amide bonds. The molecule has 0 unspecified atom stereocenters. The second kappa shape index (κ2) is 9.15. The van der Waals surface area contributed by atoms with Crippen molar-refractivity contribution in [2.45, 2.75) is 45.9 Å². The fourth-order valence-electron chi connectivity index (χ4n) is 4.59. The largest absolute Gasteiger partial charge is 0.350 e. The summed E-state index contributed by atoms with van der Waals surface area (Å²) >= 11 is 1.58. The van der Waals surface area contributed by atoms with Gasteiger partial charge in [-0.2, -0.15) is 5.10 Å². The molecular weight excluding hydrogens is 456 g/mol. The first-order valence-electron chi connectivity index (χ1n) is 11.7. The minimum atomic E-state index is -1.10. The Morgan fingerprint density at radius 3 is 2.66 bits per heavy atom. The van der Waals surface area contributed by atoms with Crippen LogP contribution in [0, 0.1) is 13.8 Å². The average molecular weight is 485 g/mol. The molecule has 0 bridgehead atoms. The fraction of sp³-hybridized carbons (Fsp3) is 0.250. The quantitative estimate of drug-likeness (QED) is 0.421. The Morgan fingerprint density at radius 1 is 1.09 bits per heavy atom. The third-order valence-corrected chi connectivity index (χ3v) is 7.58. The first-order chi connectivity index (χ1) is 16.8. The molecule has 35 heavy (non-hydrogen) atoms. The first kappa shape index (κ1) is 23.1. The summed E-state index contributed by atoms with van der Waals surface area (Å²) in [6.07, 6.45) is 0. The number of carbonyl (C=O) groups is 2. The summed E-state index contributed by atoms with van der Waals surface area (Å²) in [5.41, 5.74) is 4.42. The average Bonchev–Trinajstić information content (AvgIpc) is 3.51. The van der Waals surface area contributed by atoms with Crippen molar-refractivity contribution in [3.63, 3.8) is 0 Å². The molecule has 1 atom stereocenters. The van der Waals surface area contributed by atoms with E-state index >= 15 is 0 Å². The number of nitrogens with zero attached hydrogens (tertiary/aromatic N) is 3. The van der Waals surface area contributed by atoms with Gasteiger partial charge in [0.25, 0.3) is 5.91 Å². The SMILES string of the molecule is Cc1cccc(CNC(=O)[C@@]2(C)Cn3nc(-c4cccs4)cc3C(=O)N2Cc2ccccc2C)c1. The van der Waals surface area contributed by atoms with Crippen LogP contribution < -0.4 is 5.32 Å². The van der Waals surface area contributed by atoms with E-state index in [1.807, 2.05) is 86.8 Å². The Kier molecular flexibility index (Phi) is 6.03. The van der Waals surface area contributed by atoms with Gasteiger partial charge in [-0.25, -0.2) is 0 Å². The molecule has 0 fully saturated rings. The molecule has 0 spiro atoms. The maximum atomic E-state index is 13.8. The van der Waals surface area contributed by atoms with Crippen LogP contribution >= 0.6 is 11.3 Å². The summed E-state index contributed by atoms with van der Waals surface area (Å²) < 4.78 is 1.69. The number of fused-ring (bicyclic) bond motifs is 1.